The molecule has 0 unspecified atom stereocenters. The molecule has 0 saturated heterocycles. The van der Waals surface area contributed by atoms with Gasteiger partial charge in [0.25, 0.3) is 0 Å². The first kappa shape index (κ1) is 14.4. The maximum atomic E-state index is 11.2. The summed E-state index contributed by atoms with van der Waals surface area (Å²) in [4.78, 5) is 11.2. The predicted molar refractivity (Wildman–Crippen MR) is 85.6 cm³/mol. The minimum Gasteiger partial charge on any atom is -0.493 e. The van der Waals surface area contributed by atoms with Crippen LogP contribution < -0.4 is 14.8 Å². The molecule has 0 radical (unpaired) electrons. The fourth-order valence-electron chi connectivity index (χ4n) is 2.56. The van der Waals surface area contributed by atoms with E-state index in [2.05, 4.69) is 17.4 Å². The molecule has 22 heavy (non-hydrogen) atoms. The van der Waals surface area contributed by atoms with E-state index in [-0.39, 0.29) is 5.91 Å². The first-order chi connectivity index (χ1) is 10.7. The molecule has 1 aliphatic rings. The van der Waals surface area contributed by atoms with Gasteiger partial charge in [-0.15, -0.1) is 0 Å². The molecule has 0 aromatic heterocycles. The molecule has 1 aliphatic heterocycles. The van der Waals surface area contributed by atoms with Crippen LogP contribution >= 0.6 is 0 Å². The Balaban J connectivity index is 1.60. The third-order valence-electron chi connectivity index (χ3n) is 3.60. The number of anilines is 1. The van der Waals surface area contributed by atoms with Crippen LogP contribution in [0.3, 0.4) is 0 Å². The van der Waals surface area contributed by atoms with Gasteiger partial charge in [0.1, 0.15) is 11.5 Å². The zero-order valence-electron chi connectivity index (χ0n) is 12.6. The van der Waals surface area contributed by atoms with Crippen LogP contribution in [-0.2, 0) is 17.6 Å². The molecule has 1 N–H and O–H groups in total. The van der Waals surface area contributed by atoms with E-state index in [4.69, 9.17) is 9.47 Å². The Labute approximate surface area is 130 Å². The lowest BCUT2D eigenvalue weighted by molar-refractivity contribution is -0.114. The Morgan fingerprint density at radius 3 is 3.00 bits per heavy atom. The summed E-state index contributed by atoms with van der Waals surface area (Å²) in [6.45, 7) is 2.83. The summed E-state index contributed by atoms with van der Waals surface area (Å²) in [5.41, 5.74) is 3.22. The molecular weight excluding hydrogens is 278 g/mol. The standard InChI is InChI=1S/C18H19NO3/c1-13(20)19-16-4-2-3-5-18(16)22-10-8-14-6-7-17-15(12-14)9-11-21-17/h2-7,12H,8-11H2,1H3,(H,19,20). The van der Waals surface area contributed by atoms with Gasteiger partial charge in [0.2, 0.25) is 5.91 Å². The number of para-hydroxylation sites is 2. The van der Waals surface area contributed by atoms with Crippen molar-refractivity contribution in [3.8, 4) is 11.5 Å². The predicted octanol–water partition coefficient (Wildman–Crippen LogP) is 3.20. The Hall–Kier alpha value is -2.49. The first-order valence-corrected chi connectivity index (χ1v) is 7.46. The molecule has 4 nitrogen and oxygen atoms in total. The van der Waals surface area contributed by atoms with Crippen molar-refractivity contribution in [1.82, 2.24) is 0 Å². The van der Waals surface area contributed by atoms with E-state index in [0.717, 1.165) is 25.2 Å². The van der Waals surface area contributed by atoms with Crippen LogP contribution in [0.25, 0.3) is 0 Å². The fraction of sp³-hybridized carbons (Fsp3) is 0.278. The number of carbonyl (C=O) groups excluding carboxylic acids is 1. The largest absolute Gasteiger partial charge is 0.493 e. The number of carbonyl (C=O) groups is 1. The summed E-state index contributed by atoms with van der Waals surface area (Å²) >= 11 is 0. The molecule has 0 spiro atoms. The third-order valence-corrected chi connectivity index (χ3v) is 3.60. The number of rotatable bonds is 5. The molecule has 2 aromatic rings. The van der Waals surface area contributed by atoms with Gasteiger partial charge in [0, 0.05) is 19.8 Å². The quantitative estimate of drug-likeness (QED) is 0.922. The van der Waals surface area contributed by atoms with Crippen molar-refractivity contribution >= 4 is 11.6 Å². The van der Waals surface area contributed by atoms with E-state index in [0.29, 0.717) is 18.0 Å². The molecule has 0 atom stereocenters. The number of amides is 1. The number of ether oxygens (including phenoxy) is 2. The highest BCUT2D eigenvalue weighted by molar-refractivity contribution is 5.90. The van der Waals surface area contributed by atoms with Gasteiger partial charge in [-0.05, 0) is 29.3 Å². The van der Waals surface area contributed by atoms with Crippen molar-refractivity contribution in [1.29, 1.82) is 0 Å². The van der Waals surface area contributed by atoms with Gasteiger partial charge in [-0.2, -0.15) is 0 Å². The van der Waals surface area contributed by atoms with E-state index >= 15 is 0 Å². The van der Waals surface area contributed by atoms with Crippen molar-refractivity contribution in [3.05, 3.63) is 53.6 Å². The highest BCUT2D eigenvalue weighted by Gasteiger charge is 2.12. The minimum atomic E-state index is -0.102. The van der Waals surface area contributed by atoms with Gasteiger partial charge >= 0.3 is 0 Å². The summed E-state index contributed by atoms with van der Waals surface area (Å²) in [5.74, 6) is 1.59. The van der Waals surface area contributed by atoms with Gasteiger partial charge in [-0.25, -0.2) is 0 Å². The maximum absolute atomic E-state index is 11.2. The molecule has 0 fully saturated rings. The minimum absolute atomic E-state index is 0.102. The van der Waals surface area contributed by atoms with Crippen molar-refractivity contribution in [2.24, 2.45) is 0 Å². The molecule has 1 heterocycles. The monoisotopic (exact) mass is 297 g/mol. The number of hydrogen-bond acceptors (Lipinski definition) is 3. The number of nitrogens with one attached hydrogen (secondary N) is 1. The molecule has 114 valence electrons. The van der Waals surface area contributed by atoms with Crippen LogP contribution in [-0.4, -0.2) is 19.1 Å². The SMILES string of the molecule is CC(=O)Nc1ccccc1OCCc1ccc2c(c1)CCO2. The first-order valence-electron chi connectivity index (χ1n) is 7.46. The topological polar surface area (TPSA) is 47.6 Å². The smallest absolute Gasteiger partial charge is 0.221 e. The van der Waals surface area contributed by atoms with Crippen molar-refractivity contribution < 1.29 is 14.3 Å². The molecule has 2 aromatic carbocycles. The normalized spacial score (nSPS) is 12.4. The summed E-state index contributed by atoms with van der Waals surface area (Å²) < 4.78 is 11.3. The second-order valence-corrected chi connectivity index (χ2v) is 5.32. The lowest BCUT2D eigenvalue weighted by Gasteiger charge is -2.12. The second kappa shape index (κ2) is 6.52. The Kier molecular flexibility index (Phi) is 4.28. The number of benzene rings is 2. The lowest BCUT2D eigenvalue weighted by Crippen LogP contribution is -2.09. The Bertz CT molecular complexity index is 682. The van der Waals surface area contributed by atoms with Gasteiger partial charge < -0.3 is 14.8 Å². The van der Waals surface area contributed by atoms with Crippen LogP contribution in [0.1, 0.15) is 18.1 Å². The molecular formula is C18H19NO3. The summed E-state index contributed by atoms with van der Waals surface area (Å²) in [6.07, 6.45) is 1.80. The molecule has 0 aliphatic carbocycles. The van der Waals surface area contributed by atoms with Crippen LogP contribution in [0.4, 0.5) is 5.69 Å². The Morgan fingerprint density at radius 2 is 2.14 bits per heavy atom. The molecule has 3 rings (SSSR count). The van der Waals surface area contributed by atoms with Crippen LogP contribution in [0.5, 0.6) is 11.5 Å². The summed E-state index contributed by atoms with van der Waals surface area (Å²) in [6, 6.07) is 13.8. The zero-order valence-corrected chi connectivity index (χ0v) is 12.6. The Morgan fingerprint density at radius 1 is 1.27 bits per heavy atom. The van der Waals surface area contributed by atoms with E-state index in [1.54, 1.807) is 0 Å². The average molecular weight is 297 g/mol. The van der Waals surface area contributed by atoms with Crippen LogP contribution in [0, 0.1) is 0 Å². The van der Waals surface area contributed by atoms with Crippen molar-refractivity contribution in [3.63, 3.8) is 0 Å². The van der Waals surface area contributed by atoms with Crippen molar-refractivity contribution in [2.75, 3.05) is 18.5 Å². The molecule has 4 heteroatoms. The van der Waals surface area contributed by atoms with Gasteiger partial charge in [-0.1, -0.05) is 24.3 Å². The number of hydrogen-bond donors (Lipinski definition) is 1. The van der Waals surface area contributed by atoms with Crippen molar-refractivity contribution in [2.45, 2.75) is 19.8 Å². The second-order valence-electron chi connectivity index (χ2n) is 5.32. The van der Waals surface area contributed by atoms with E-state index in [9.17, 15) is 4.79 Å². The lowest BCUT2D eigenvalue weighted by atomic mass is 10.1. The number of fused-ring (bicyclic) bond motifs is 1. The van der Waals surface area contributed by atoms with Gasteiger partial charge in [-0.3, -0.25) is 4.79 Å². The molecule has 1 amide bonds. The summed E-state index contributed by atoms with van der Waals surface area (Å²) in [5, 5.41) is 2.78. The average Bonchev–Trinajstić information content (AvgIpc) is 2.96. The maximum Gasteiger partial charge on any atom is 0.221 e. The summed E-state index contributed by atoms with van der Waals surface area (Å²) in [7, 11) is 0. The highest BCUT2D eigenvalue weighted by atomic mass is 16.5. The molecule has 0 saturated carbocycles. The van der Waals surface area contributed by atoms with E-state index < -0.39 is 0 Å². The van der Waals surface area contributed by atoms with Crippen LogP contribution in [0.15, 0.2) is 42.5 Å². The van der Waals surface area contributed by atoms with Gasteiger partial charge in [0.15, 0.2) is 0 Å². The van der Waals surface area contributed by atoms with Crippen LogP contribution in [0.2, 0.25) is 0 Å². The van der Waals surface area contributed by atoms with E-state index in [1.807, 2.05) is 30.3 Å². The fourth-order valence-corrected chi connectivity index (χ4v) is 2.56. The van der Waals surface area contributed by atoms with Gasteiger partial charge in [0.05, 0.1) is 18.9 Å². The highest BCUT2D eigenvalue weighted by Crippen LogP contribution is 2.27. The third kappa shape index (κ3) is 3.39. The van der Waals surface area contributed by atoms with E-state index in [1.165, 1.54) is 18.1 Å². The molecule has 0 bridgehead atoms. The zero-order chi connectivity index (χ0) is 15.4.